The van der Waals surface area contributed by atoms with Gasteiger partial charge in [0.25, 0.3) is 5.97 Å². The van der Waals surface area contributed by atoms with Gasteiger partial charge in [-0.2, -0.15) is 0 Å². The van der Waals surface area contributed by atoms with Gasteiger partial charge in [-0.25, -0.2) is 0 Å². The molecule has 0 unspecified atom stereocenters. The van der Waals surface area contributed by atoms with Crippen LogP contribution in [-0.2, 0) is 9.22 Å². The van der Waals surface area contributed by atoms with Gasteiger partial charge in [0.1, 0.15) is 0 Å². The van der Waals surface area contributed by atoms with Gasteiger partial charge in [0.15, 0.2) is 0 Å². The van der Waals surface area contributed by atoms with Crippen LogP contribution in [0, 0.1) is 0 Å². The summed E-state index contributed by atoms with van der Waals surface area (Å²) in [5.41, 5.74) is 0. The van der Waals surface area contributed by atoms with Crippen molar-refractivity contribution in [1.82, 2.24) is 0 Å². The maximum Gasteiger partial charge on any atom is 0.318 e. The Balaban J connectivity index is 3.01. The van der Waals surface area contributed by atoms with Gasteiger partial charge in [-0.1, -0.05) is 12.2 Å². The molecule has 0 aromatic carbocycles. The number of carbonyl (C=O) groups excluding carboxylic acids is 1. The number of allylic oxidation sites excluding steroid dienone is 2. The van der Waals surface area contributed by atoms with Crippen molar-refractivity contribution in [2.45, 2.75) is 19.9 Å². The Labute approximate surface area is 57.8 Å². The zero-order valence-electron chi connectivity index (χ0n) is 5.68. The third kappa shape index (κ3) is 7.43. The van der Waals surface area contributed by atoms with E-state index in [2.05, 4.69) is 4.43 Å². The fourth-order valence-electron chi connectivity index (χ4n) is 0.309. The molecular weight excluding hydrogens is 132 g/mol. The highest BCUT2D eigenvalue weighted by atomic mass is 28.2. The summed E-state index contributed by atoms with van der Waals surface area (Å²) in [6.07, 6.45) is 3.91. The topological polar surface area (TPSA) is 26.3 Å². The zero-order chi connectivity index (χ0) is 7.11. The highest BCUT2D eigenvalue weighted by Crippen LogP contribution is 1.83. The van der Waals surface area contributed by atoms with Gasteiger partial charge < -0.3 is 4.43 Å². The molecular formula is C6H10O2Si. The summed E-state index contributed by atoms with van der Waals surface area (Å²) >= 11 is 0. The van der Waals surface area contributed by atoms with E-state index in [0.717, 1.165) is 6.04 Å². The molecule has 0 aliphatic rings. The van der Waals surface area contributed by atoms with E-state index in [-0.39, 0.29) is 15.7 Å². The Morgan fingerprint density at radius 3 is 2.89 bits per heavy atom. The van der Waals surface area contributed by atoms with Gasteiger partial charge in [0.05, 0.1) is 0 Å². The van der Waals surface area contributed by atoms with E-state index in [9.17, 15) is 4.79 Å². The van der Waals surface area contributed by atoms with Gasteiger partial charge in [0.2, 0.25) is 0 Å². The molecule has 0 bridgehead atoms. The Morgan fingerprint density at radius 2 is 2.44 bits per heavy atom. The molecule has 0 aromatic rings. The Morgan fingerprint density at radius 1 is 1.78 bits per heavy atom. The first kappa shape index (κ1) is 8.43. The Hall–Kier alpha value is -0.573. The lowest BCUT2D eigenvalue weighted by Gasteiger charge is -1.92. The SMILES string of the molecule is C/C=C/C[Si]OC(C)=O. The van der Waals surface area contributed by atoms with Crippen molar-refractivity contribution in [2.24, 2.45) is 0 Å². The van der Waals surface area contributed by atoms with Crippen LogP contribution in [0.25, 0.3) is 0 Å². The summed E-state index contributed by atoms with van der Waals surface area (Å²) in [5, 5.41) is 0. The minimum Gasteiger partial charge on any atom is -0.516 e. The summed E-state index contributed by atoms with van der Waals surface area (Å²) in [4.78, 5) is 10.2. The molecule has 0 atom stereocenters. The molecule has 0 aliphatic heterocycles. The quantitative estimate of drug-likeness (QED) is 0.336. The molecule has 0 rings (SSSR count). The molecule has 0 fully saturated rings. The predicted molar refractivity (Wildman–Crippen MR) is 37.1 cm³/mol. The summed E-state index contributed by atoms with van der Waals surface area (Å²) in [6.45, 7) is 3.36. The van der Waals surface area contributed by atoms with Crippen LogP contribution in [0.2, 0.25) is 6.04 Å². The molecule has 3 heteroatoms. The monoisotopic (exact) mass is 142 g/mol. The van der Waals surface area contributed by atoms with Crippen LogP contribution in [0.1, 0.15) is 13.8 Å². The van der Waals surface area contributed by atoms with Crippen molar-refractivity contribution < 1.29 is 9.22 Å². The zero-order valence-corrected chi connectivity index (χ0v) is 6.68. The number of hydrogen-bond donors (Lipinski definition) is 0. The molecule has 0 aliphatic carbocycles. The summed E-state index contributed by atoms with van der Waals surface area (Å²) in [7, 11) is 0.283. The van der Waals surface area contributed by atoms with E-state index in [0.29, 0.717) is 0 Å². The molecule has 0 spiro atoms. The van der Waals surface area contributed by atoms with E-state index >= 15 is 0 Å². The molecule has 0 saturated carbocycles. The molecule has 0 aromatic heterocycles. The highest BCUT2D eigenvalue weighted by Gasteiger charge is 1.90. The predicted octanol–water partition coefficient (Wildman–Crippen LogP) is 1.16. The molecule has 2 radical (unpaired) electrons. The summed E-state index contributed by atoms with van der Waals surface area (Å²) < 4.78 is 4.68. The van der Waals surface area contributed by atoms with E-state index in [1.807, 2.05) is 19.1 Å². The third-order valence-electron chi connectivity index (χ3n) is 0.653. The minimum atomic E-state index is -0.196. The molecule has 0 saturated heterocycles. The maximum absolute atomic E-state index is 10.2. The first-order valence-corrected chi connectivity index (χ1v) is 3.90. The summed E-state index contributed by atoms with van der Waals surface area (Å²) in [5.74, 6) is -0.196. The smallest absolute Gasteiger partial charge is 0.318 e. The minimum absolute atomic E-state index is 0.196. The Bertz CT molecular complexity index is 110. The van der Waals surface area contributed by atoms with Crippen molar-refractivity contribution in [2.75, 3.05) is 0 Å². The van der Waals surface area contributed by atoms with E-state index < -0.39 is 0 Å². The molecule has 9 heavy (non-hydrogen) atoms. The van der Waals surface area contributed by atoms with Gasteiger partial charge in [-0.3, -0.25) is 4.79 Å². The van der Waals surface area contributed by atoms with Crippen molar-refractivity contribution in [1.29, 1.82) is 0 Å². The largest absolute Gasteiger partial charge is 0.516 e. The van der Waals surface area contributed by atoms with Crippen LogP contribution < -0.4 is 0 Å². The van der Waals surface area contributed by atoms with Crippen molar-refractivity contribution in [3.05, 3.63) is 12.2 Å². The normalized spacial score (nSPS) is 10.0. The van der Waals surface area contributed by atoms with Gasteiger partial charge >= 0.3 is 9.76 Å². The molecule has 2 nitrogen and oxygen atoms in total. The van der Waals surface area contributed by atoms with Crippen molar-refractivity contribution >= 4 is 15.7 Å². The number of rotatable bonds is 3. The molecule has 0 heterocycles. The second kappa shape index (κ2) is 5.56. The van der Waals surface area contributed by atoms with Crippen LogP contribution in [0.4, 0.5) is 0 Å². The fraction of sp³-hybridized carbons (Fsp3) is 0.500. The lowest BCUT2D eigenvalue weighted by Crippen LogP contribution is -2.02. The van der Waals surface area contributed by atoms with Crippen LogP contribution in [-0.4, -0.2) is 15.7 Å². The van der Waals surface area contributed by atoms with Gasteiger partial charge in [-0.15, -0.1) is 0 Å². The van der Waals surface area contributed by atoms with E-state index in [1.165, 1.54) is 6.92 Å². The highest BCUT2D eigenvalue weighted by molar-refractivity contribution is 6.31. The van der Waals surface area contributed by atoms with Crippen LogP contribution in [0.5, 0.6) is 0 Å². The molecule has 50 valence electrons. The fourth-order valence-corrected chi connectivity index (χ4v) is 0.928. The standard InChI is InChI=1S/C6H10O2Si/c1-3-4-5-9-8-6(2)7/h3-4H,5H2,1-2H3/b4-3+. The summed E-state index contributed by atoms with van der Waals surface area (Å²) in [6, 6.07) is 0.843. The van der Waals surface area contributed by atoms with Crippen molar-refractivity contribution in [3.63, 3.8) is 0 Å². The second-order valence-electron chi connectivity index (χ2n) is 1.51. The van der Waals surface area contributed by atoms with Crippen molar-refractivity contribution in [3.8, 4) is 0 Å². The molecule has 0 N–H and O–H groups in total. The first-order valence-electron chi connectivity index (χ1n) is 2.78. The number of carbonyl (C=O) groups is 1. The lowest BCUT2D eigenvalue weighted by atomic mass is 10.6. The average Bonchev–Trinajstić information content (AvgIpc) is 1.80. The number of hydrogen-bond acceptors (Lipinski definition) is 2. The lowest BCUT2D eigenvalue weighted by molar-refractivity contribution is -0.131. The van der Waals surface area contributed by atoms with Crippen LogP contribution in [0.3, 0.4) is 0 Å². The van der Waals surface area contributed by atoms with Crippen LogP contribution >= 0.6 is 0 Å². The Kier molecular flexibility index (Phi) is 5.21. The average molecular weight is 142 g/mol. The van der Waals surface area contributed by atoms with Crippen LogP contribution in [0.15, 0.2) is 12.2 Å². The maximum atomic E-state index is 10.2. The van der Waals surface area contributed by atoms with Gasteiger partial charge in [0, 0.05) is 6.92 Å². The van der Waals surface area contributed by atoms with Gasteiger partial charge in [-0.05, 0) is 13.0 Å². The van der Waals surface area contributed by atoms with E-state index in [4.69, 9.17) is 0 Å². The first-order chi connectivity index (χ1) is 4.27. The van der Waals surface area contributed by atoms with E-state index in [1.54, 1.807) is 0 Å². The molecule has 0 amide bonds. The second-order valence-corrected chi connectivity index (χ2v) is 2.41. The third-order valence-corrected chi connectivity index (χ3v) is 1.49.